The Balaban J connectivity index is 1.06. The van der Waals surface area contributed by atoms with E-state index in [2.05, 4.69) is 10.6 Å². The van der Waals surface area contributed by atoms with Crippen LogP contribution in [0.2, 0.25) is 0 Å². The van der Waals surface area contributed by atoms with Gasteiger partial charge in [0.15, 0.2) is 56.6 Å². The van der Waals surface area contributed by atoms with E-state index in [0.717, 1.165) is 13.8 Å². The van der Waals surface area contributed by atoms with Crippen LogP contribution in [0.15, 0.2) is 0 Å². The molecule has 0 aromatic heterocycles. The van der Waals surface area contributed by atoms with Crippen LogP contribution in [0.4, 0.5) is 0 Å². The SMILES string of the molecule is CC(=O)N[C@@H]1[C@@H](O)[C@H](O[C@@H]2O[C@H](CO)[C@@H](O[C@@H]3O[C@H](CO[C@H]4O[C@H](CO[C@H]5O[C@H](CO)[C@@H](O)[C@H](O)[C@@H]5O)[C@@H](O)[C@H](O[C@H]5O[C@H](CO)[C@@H](O)[C@H](O)[C@@H]5O)[C@@H]4O)[C@@H](O)[C@H](O[C@H]4O[C@H](CO)[C@@H](O)[C@H](O)[C@@H]4O[C@H]4O[C@H](CO)[C@@H](ON)[C@H](O)[C@@H]4O[C@H]4O[C@H](CO)[C@@H](O)[C@H](O)[C@@H]4O)[C@@H]3O)[C@H](O)[C@H]2NC(C)=O)[C@@H](CO)O[C@H]1O. The predicted molar refractivity (Wildman–Crippen MR) is 323 cm³/mol. The van der Waals surface area contributed by atoms with Crippen LogP contribution in [-0.4, -0.2) is 480 Å². The van der Waals surface area contributed by atoms with Gasteiger partial charge in [-0.3, -0.25) is 14.4 Å². The lowest BCUT2D eigenvalue weighted by Gasteiger charge is -2.51. The highest BCUT2D eigenvalue weighted by molar-refractivity contribution is 5.73. The average Bonchev–Trinajstić information content (AvgIpc) is 1.20. The zero-order valence-electron chi connectivity index (χ0n) is 56.7. The summed E-state index contributed by atoms with van der Waals surface area (Å²) in [5, 5.41) is 291. The molecule has 9 heterocycles. The number of carbonyl (C=O) groups excluding carboxylic acids is 2. The smallest absolute Gasteiger partial charge is 0.217 e. The Bertz CT molecular complexity index is 2730. The van der Waals surface area contributed by atoms with Gasteiger partial charge >= 0.3 is 0 Å². The second-order valence-corrected chi connectivity index (χ2v) is 26.8. The molecule has 0 aliphatic carbocycles. The van der Waals surface area contributed by atoms with Gasteiger partial charge in [-0.15, -0.1) is 0 Å². The van der Waals surface area contributed by atoms with Gasteiger partial charge in [-0.1, -0.05) is 0 Å². The fourth-order valence-electron chi connectivity index (χ4n) is 13.7. The van der Waals surface area contributed by atoms with Crippen molar-refractivity contribution in [2.75, 3.05) is 59.5 Å². The number of hydrogen-bond donors (Lipinski definition) is 29. The highest BCUT2D eigenvalue weighted by Gasteiger charge is 2.61. The molecule has 0 aromatic carbocycles. The van der Waals surface area contributed by atoms with Crippen LogP contribution in [-0.2, 0) is 95.0 Å². The lowest BCUT2D eigenvalue weighted by atomic mass is 9.94. The van der Waals surface area contributed by atoms with E-state index in [0.29, 0.717) is 0 Å². The Morgan fingerprint density at radius 2 is 0.561 bits per heavy atom. The number of rotatable bonds is 28. The summed E-state index contributed by atoms with van der Waals surface area (Å²) in [7, 11) is 0. The molecule has 9 aliphatic rings. The summed E-state index contributed by atoms with van der Waals surface area (Å²) in [5.74, 6) is 3.75. The van der Waals surface area contributed by atoms with Crippen LogP contribution < -0.4 is 16.5 Å². The Hall–Kier alpha value is -2.86. The molecule has 30 N–H and O–H groups in total. The maximum atomic E-state index is 13.0. The monoisotopic (exact) mass is 1570 g/mol. The molecule has 0 bridgehead atoms. The molecule has 0 saturated carbocycles. The van der Waals surface area contributed by atoms with E-state index in [1.54, 1.807) is 0 Å². The van der Waals surface area contributed by atoms with Crippen LogP contribution in [0.25, 0.3) is 0 Å². The lowest BCUT2D eigenvalue weighted by molar-refractivity contribution is -0.409. The summed E-state index contributed by atoms with van der Waals surface area (Å²) in [6, 6.07) is -3.57. The predicted octanol–water partition coefficient (Wildman–Crippen LogP) is -20.4. The Labute approximate surface area is 604 Å². The van der Waals surface area contributed by atoms with Crippen molar-refractivity contribution < 1.29 is 228 Å². The lowest BCUT2D eigenvalue weighted by Crippen LogP contribution is -2.70. The van der Waals surface area contributed by atoms with E-state index in [-0.39, 0.29) is 0 Å². The minimum Gasteiger partial charge on any atom is -0.394 e. The summed E-state index contributed by atoms with van der Waals surface area (Å²) >= 11 is 0. The number of nitrogens with two attached hydrogens (primary N) is 1. The highest BCUT2D eigenvalue weighted by atomic mass is 16.8. The van der Waals surface area contributed by atoms with Crippen molar-refractivity contribution in [3.63, 3.8) is 0 Å². The van der Waals surface area contributed by atoms with Crippen LogP contribution in [0.5, 0.6) is 0 Å². The number of aliphatic hydroxyl groups is 26. The normalized spacial score (nSPS) is 50.8. The molecule has 622 valence electrons. The summed E-state index contributed by atoms with van der Waals surface area (Å²) in [5.41, 5.74) is 0. The molecule has 107 heavy (non-hydrogen) atoms. The Kier molecular flexibility index (Phi) is 31.7. The Morgan fingerprint density at radius 1 is 0.271 bits per heavy atom. The molecule has 0 unspecified atom stereocenters. The standard InChI is InChI=1S/C58H99N3O46/c1-12(69)60-23-31(77)43(18(7-66)92-50(23)89)101-51-24(61-13(2)70)32(78)44(19(8-67)97-51)102-56-42(88)47(104-57-48(36(82)28(74)17(6-65)96-57)106-58-49(40(86)45(107-59)20(9-68)98-58)105-55-39(85)35(81)27(73)16(5-64)95-55)30(76)22(100-56)11-91-53-41(87)46(103-54-38(84)34(80)26(72)15(4-63)94-54)29(75)21(99-53)10-90-52-37(83)33(79)25(71)14(3-62)93-52/h14-58,62-68,71-89H,3-11,59H2,1-2H3,(H,60,69)(H,61,70)/t14-,15-,16-,17-,18-,19-,20-,21-,22-,23-,24-,25-,26-,27-,28-,29-,30-,31-,32-,33+,34+,35+,36+,37+,38+,39+,40+,41+,42+,43-,44-,45-,46+,47+,48+,49+,50-,51+,52+,53+,54-,55-,56+,57-,58-/m1/s1. The van der Waals surface area contributed by atoms with Crippen LogP contribution in [0.3, 0.4) is 0 Å². The van der Waals surface area contributed by atoms with Gasteiger partial charge in [0.25, 0.3) is 0 Å². The van der Waals surface area contributed by atoms with Crippen molar-refractivity contribution in [3.8, 4) is 0 Å². The minimum absolute atomic E-state index is 0.787. The molecule has 9 rings (SSSR count). The minimum atomic E-state index is -2.58. The summed E-state index contributed by atoms with van der Waals surface area (Å²) in [6.07, 6.45) is -90.1. The van der Waals surface area contributed by atoms with E-state index < -0.39 is 348 Å². The summed E-state index contributed by atoms with van der Waals surface area (Å²) < 4.78 is 99.4. The van der Waals surface area contributed by atoms with Gasteiger partial charge in [0.05, 0.1) is 59.5 Å². The third-order valence-electron chi connectivity index (χ3n) is 19.7. The van der Waals surface area contributed by atoms with E-state index in [1.807, 2.05) is 0 Å². The highest BCUT2D eigenvalue weighted by Crippen LogP contribution is 2.40. The van der Waals surface area contributed by atoms with Crippen molar-refractivity contribution >= 4 is 11.8 Å². The van der Waals surface area contributed by atoms with Crippen LogP contribution in [0.1, 0.15) is 13.8 Å². The third-order valence-corrected chi connectivity index (χ3v) is 19.7. The van der Waals surface area contributed by atoms with Crippen molar-refractivity contribution in [1.29, 1.82) is 0 Å². The molecular formula is C58H99N3O46. The van der Waals surface area contributed by atoms with Crippen molar-refractivity contribution in [2.24, 2.45) is 5.90 Å². The van der Waals surface area contributed by atoms with Crippen LogP contribution >= 0.6 is 0 Å². The number of amides is 2. The van der Waals surface area contributed by atoms with Crippen LogP contribution in [0, 0.1) is 0 Å². The van der Waals surface area contributed by atoms with Gasteiger partial charge in [-0.2, -0.15) is 0 Å². The van der Waals surface area contributed by atoms with Crippen molar-refractivity contribution in [3.05, 3.63) is 0 Å². The van der Waals surface area contributed by atoms with Gasteiger partial charge in [-0.25, -0.2) is 5.90 Å². The van der Waals surface area contributed by atoms with Gasteiger partial charge in [0, 0.05) is 13.8 Å². The number of nitrogens with one attached hydrogen (secondary N) is 2. The first kappa shape index (κ1) is 88.1. The molecule has 9 fully saturated rings. The fraction of sp³-hybridized carbons (Fsp3) is 0.966. The van der Waals surface area contributed by atoms with E-state index >= 15 is 0 Å². The van der Waals surface area contributed by atoms with Gasteiger partial charge in [0.1, 0.15) is 220 Å². The van der Waals surface area contributed by atoms with Crippen molar-refractivity contribution in [1.82, 2.24) is 10.6 Å². The molecule has 49 nitrogen and oxygen atoms in total. The zero-order chi connectivity index (χ0) is 78.6. The second-order valence-electron chi connectivity index (χ2n) is 26.8. The largest absolute Gasteiger partial charge is 0.394 e. The third kappa shape index (κ3) is 19.1. The molecule has 9 saturated heterocycles. The summed E-state index contributed by atoms with van der Waals surface area (Å²) in [4.78, 5) is 29.9. The first-order valence-corrected chi connectivity index (χ1v) is 33.9. The Morgan fingerprint density at radius 3 is 1.02 bits per heavy atom. The van der Waals surface area contributed by atoms with Gasteiger partial charge in [0.2, 0.25) is 11.8 Å². The number of carbonyl (C=O) groups is 2. The van der Waals surface area contributed by atoms with Gasteiger partial charge in [-0.05, 0) is 0 Å². The molecule has 0 radical (unpaired) electrons. The maximum Gasteiger partial charge on any atom is 0.217 e. The second kappa shape index (κ2) is 38.5. The van der Waals surface area contributed by atoms with Crippen molar-refractivity contribution in [2.45, 2.75) is 290 Å². The molecule has 9 aliphatic heterocycles. The summed E-state index contributed by atoms with van der Waals surface area (Å²) in [6.45, 7) is -7.67. The molecule has 0 aromatic rings. The van der Waals surface area contributed by atoms with Gasteiger partial charge < -0.3 is 224 Å². The van der Waals surface area contributed by atoms with E-state index in [9.17, 15) is 142 Å². The molecule has 2 amide bonds. The number of ether oxygens (including phenoxy) is 17. The number of aliphatic hydroxyl groups excluding tert-OH is 26. The van der Waals surface area contributed by atoms with E-state index in [4.69, 9.17) is 91.3 Å². The number of hydrogen-bond acceptors (Lipinski definition) is 47. The fourth-order valence-corrected chi connectivity index (χ4v) is 13.7. The molecular weight excluding hydrogens is 1470 g/mol. The average molecular weight is 1570 g/mol. The zero-order valence-corrected chi connectivity index (χ0v) is 56.7. The quantitative estimate of drug-likeness (QED) is 0.0324. The molecule has 0 spiro atoms. The molecule has 49 heteroatoms. The first-order chi connectivity index (χ1) is 50.7. The topological polar surface area (TPSA) is 776 Å². The first-order valence-electron chi connectivity index (χ1n) is 33.9. The molecule has 45 atom stereocenters. The maximum absolute atomic E-state index is 13.0. The van der Waals surface area contributed by atoms with E-state index in [1.165, 1.54) is 0 Å².